The number of para-hydroxylation sites is 2. The Hall–Kier alpha value is -1.75. The van der Waals surface area contributed by atoms with Gasteiger partial charge >= 0.3 is 0 Å². The molecule has 0 spiro atoms. The van der Waals surface area contributed by atoms with Gasteiger partial charge in [-0.25, -0.2) is 0 Å². The Balaban J connectivity index is 2.34. The molecule has 2 unspecified atom stereocenters. The van der Waals surface area contributed by atoms with Crippen molar-refractivity contribution in [2.45, 2.75) is 25.4 Å². The number of nitrogens with zero attached hydrogens (tertiary/aromatic N) is 1. The molecular formula is C14H20N2O3. The van der Waals surface area contributed by atoms with E-state index in [0.717, 1.165) is 11.4 Å². The SMILES string of the molecule is COc1ccccc1N1CC(C)NC(=O)C1CCO. The van der Waals surface area contributed by atoms with E-state index >= 15 is 0 Å². The molecule has 19 heavy (non-hydrogen) atoms. The van der Waals surface area contributed by atoms with E-state index in [1.165, 1.54) is 0 Å². The van der Waals surface area contributed by atoms with Gasteiger partial charge in [0.15, 0.2) is 0 Å². The molecule has 0 saturated carbocycles. The van der Waals surface area contributed by atoms with Gasteiger partial charge in [0, 0.05) is 19.2 Å². The number of amides is 1. The van der Waals surface area contributed by atoms with Crippen molar-refractivity contribution in [1.29, 1.82) is 0 Å². The van der Waals surface area contributed by atoms with E-state index in [0.29, 0.717) is 13.0 Å². The van der Waals surface area contributed by atoms with Gasteiger partial charge in [-0.3, -0.25) is 4.79 Å². The second-order valence-electron chi connectivity index (χ2n) is 4.76. The van der Waals surface area contributed by atoms with Crippen molar-refractivity contribution in [3.05, 3.63) is 24.3 Å². The summed E-state index contributed by atoms with van der Waals surface area (Å²) in [7, 11) is 1.62. The highest BCUT2D eigenvalue weighted by atomic mass is 16.5. The summed E-state index contributed by atoms with van der Waals surface area (Å²) in [5.74, 6) is 0.700. The van der Waals surface area contributed by atoms with Crippen LogP contribution in [0.1, 0.15) is 13.3 Å². The lowest BCUT2D eigenvalue weighted by Crippen LogP contribution is -2.59. The monoisotopic (exact) mass is 264 g/mol. The molecule has 104 valence electrons. The molecule has 1 aromatic rings. The number of anilines is 1. The zero-order chi connectivity index (χ0) is 13.8. The van der Waals surface area contributed by atoms with Crippen molar-refractivity contribution < 1.29 is 14.6 Å². The van der Waals surface area contributed by atoms with E-state index in [1.54, 1.807) is 7.11 Å². The summed E-state index contributed by atoms with van der Waals surface area (Å²) in [6, 6.07) is 7.36. The molecule has 1 fully saturated rings. The first-order chi connectivity index (χ1) is 9.17. The number of rotatable bonds is 4. The van der Waals surface area contributed by atoms with Crippen LogP contribution in [0.5, 0.6) is 5.75 Å². The average molecular weight is 264 g/mol. The van der Waals surface area contributed by atoms with Crippen LogP contribution in [0.2, 0.25) is 0 Å². The van der Waals surface area contributed by atoms with E-state index in [1.807, 2.05) is 36.1 Å². The van der Waals surface area contributed by atoms with Gasteiger partial charge in [-0.15, -0.1) is 0 Å². The van der Waals surface area contributed by atoms with Crippen molar-refractivity contribution in [3.8, 4) is 5.75 Å². The van der Waals surface area contributed by atoms with Gasteiger partial charge in [-0.1, -0.05) is 12.1 Å². The molecule has 1 saturated heterocycles. The maximum Gasteiger partial charge on any atom is 0.243 e. The number of benzene rings is 1. The summed E-state index contributed by atoms with van der Waals surface area (Å²) in [5.41, 5.74) is 0.894. The Morgan fingerprint density at radius 3 is 2.89 bits per heavy atom. The topological polar surface area (TPSA) is 61.8 Å². The lowest BCUT2D eigenvalue weighted by molar-refractivity contribution is -0.124. The van der Waals surface area contributed by atoms with Crippen molar-refractivity contribution >= 4 is 11.6 Å². The van der Waals surface area contributed by atoms with E-state index in [2.05, 4.69) is 5.32 Å². The highest BCUT2D eigenvalue weighted by Crippen LogP contribution is 2.31. The minimum Gasteiger partial charge on any atom is -0.495 e. The maximum atomic E-state index is 12.1. The maximum absolute atomic E-state index is 12.1. The highest BCUT2D eigenvalue weighted by Gasteiger charge is 2.33. The van der Waals surface area contributed by atoms with Crippen LogP contribution in [0.25, 0.3) is 0 Å². The molecule has 1 aliphatic heterocycles. The molecule has 1 amide bonds. The van der Waals surface area contributed by atoms with E-state index in [-0.39, 0.29) is 24.6 Å². The fraction of sp³-hybridized carbons (Fsp3) is 0.500. The van der Waals surface area contributed by atoms with Gasteiger partial charge in [-0.2, -0.15) is 0 Å². The third-order valence-electron chi connectivity index (χ3n) is 3.34. The molecule has 1 heterocycles. The first-order valence-electron chi connectivity index (χ1n) is 6.48. The molecule has 2 N–H and O–H groups in total. The van der Waals surface area contributed by atoms with Gasteiger partial charge in [-0.05, 0) is 25.5 Å². The van der Waals surface area contributed by atoms with Gasteiger partial charge in [0.05, 0.1) is 12.8 Å². The molecule has 0 aliphatic carbocycles. The van der Waals surface area contributed by atoms with Crippen LogP contribution < -0.4 is 15.0 Å². The minimum atomic E-state index is -0.350. The quantitative estimate of drug-likeness (QED) is 0.843. The normalized spacial score (nSPS) is 23.1. The summed E-state index contributed by atoms with van der Waals surface area (Å²) in [6.45, 7) is 2.66. The zero-order valence-electron chi connectivity index (χ0n) is 11.3. The lowest BCUT2D eigenvalue weighted by Gasteiger charge is -2.40. The Morgan fingerprint density at radius 1 is 1.47 bits per heavy atom. The van der Waals surface area contributed by atoms with Gasteiger partial charge in [0.1, 0.15) is 11.8 Å². The fourth-order valence-corrected chi connectivity index (χ4v) is 2.49. The summed E-state index contributed by atoms with van der Waals surface area (Å²) in [5, 5.41) is 12.1. The van der Waals surface area contributed by atoms with Crippen LogP contribution in [-0.4, -0.2) is 43.4 Å². The number of aliphatic hydroxyl groups excluding tert-OH is 1. The molecule has 5 nitrogen and oxygen atoms in total. The van der Waals surface area contributed by atoms with Crippen LogP contribution in [-0.2, 0) is 4.79 Å². The minimum absolute atomic E-state index is 0.0158. The van der Waals surface area contributed by atoms with E-state index in [4.69, 9.17) is 9.84 Å². The molecular weight excluding hydrogens is 244 g/mol. The van der Waals surface area contributed by atoms with Crippen LogP contribution >= 0.6 is 0 Å². The number of hydrogen-bond donors (Lipinski definition) is 2. The summed E-state index contributed by atoms with van der Waals surface area (Å²) >= 11 is 0. The Bertz CT molecular complexity index is 450. The summed E-state index contributed by atoms with van der Waals surface area (Å²) in [6.07, 6.45) is 0.413. The first kappa shape index (κ1) is 13.7. The third-order valence-corrected chi connectivity index (χ3v) is 3.34. The van der Waals surface area contributed by atoms with Gasteiger partial charge < -0.3 is 20.1 Å². The Kier molecular flexibility index (Phi) is 4.27. The van der Waals surface area contributed by atoms with Gasteiger partial charge in [0.2, 0.25) is 5.91 Å². The van der Waals surface area contributed by atoms with Crippen LogP contribution in [0.15, 0.2) is 24.3 Å². The van der Waals surface area contributed by atoms with Crippen LogP contribution in [0.4, 0.5) is 5.69 Å². The average Bonchev–Trinajstić information content (AvgIpc) is 2.41. The Morgan fingerprint density at radius 2 is 2.21 bits per heavy atom. The fourth-order valence-electron chi connectivity index (χ4n) is 2.49. The number of piperazine rings is 1. The highest BCUT2D eigenvalue weighted by molar-refractivity contribution is 5.87. The standard InChI is InChI=1S/C14H20N2O3/c1-10-9-16(12(7-8-17)14(18)15-10)11-5-3-4-6-13(11)19-2/h3-6,10,12,17H,7-9H2,1-2H3,(H,15,18). The number of methoxy groups -OCH3 is 1. The molecule has 0 aromatic heterocycles. The number of carbonyl (C=O) groups excluding carboxylic acids is 1. The number of carbonyl (C=O) groups is 1. The second kappa shape index (κ2) is 5.93. The molecule has 1 aliphatic rings. The van der Waals surface area contributed by atoms with Crippen molar-refractivity contribution in [2.24, 2.45) is 0 Å². The predicted molar refractivity (Wildman–Crippen MR) is 73.4 cm³/mol. The molecule has 1 aromatic carbocycles. The van der Waals surface area contributed by atoms with Gasteiger partial charge in [0.25, 0.3) is 0 Å². The van der Waals surface area contributed by atoms with Crippen molar-refractivity contribution in [3.63, 3.8) is 0 Å². The molecule has 2 atom stereocenters. The molecule has 0 bridgehead atoms. The van der Waals surface area contributed by atoms with Crippen LogP contribution in [0.3, 0.4) is 0 Å². The molecule has 0 radical (unpaired) electrons. The second-order valence-corrected chi connectivity index (χ2v) is 4.76. The summed E-state index contributed by atoms with van der Waals surface area (Å²) < 4.78 is 5.36. The first-order valence-corrected chi connectivity index (χ1v) is 6.48. The zero-order valence-corrected chi connectivity index (χ0v) is 11.3. The number of nitrogens with one attached hydrogen (secondary N) is 1. The number of hydrogen-bond acceptors (Lipinski definition) is 4. The van der Waals surface area contributed by atoms with Crippen LogP contribution in [0, 0.1) is 0 Å². The largest absolute Gasteiger partial charge is 0.495 e. The van der Waals surface area contributed by atoms with E-state index in [9.17, 15) is 4.79 Å². The number of aliphatic hydroxyl groups is 1. The van der Waals surface area contributed by atoms with Crippen molar-refractivity contribution in [1.82, 2.24) is 5.32 Å². The third kappa shape index (κ3) is 2.81. The molecule has 5 heteroatoms. The number of ether oxygens (including phenoxy) is 1. The lowest BCUT2D eigenvalue weighted by atomic mass is 10.0. The van der Waals surface area contributed by atoms with E-state index < -0.39 is 0 Å². The van der Waals surface area contributed by atoms with Crippen molar-refractivity contribution in [2.75, 3.05) is 25.2 Å². The predicted octanol–water partition coefficient (Wildman–Crippen LogP) is 0.771. The summed E-state index contributed by atoms with van der Waals surface area (Å²) in [4.78, 5) is 14.1. The smallest absolute Gasteiger partial charge is 0.243 e. The Labute approximate surface area is 113 Å². The molecule has 2 rings (SSSR count).